The van der Waals surface area contributed by atoms with E-state index in [2.05, 4.69) is 10.6 Å². The Kier molecular flexibility index (Phi) is 5.42. The molecule has 0 spiro atoms. The van der Waals surface area contributed by atoms with E-state index in [9.17, 15) is 23.5 Å². The first-order chi connectivity index (χ1) is 11.0. The molecule has 0 aliphatic heterocycles. The monoisotopic (exact) mass is 324 g/mol. The minimum atomic E-state index is -1.13. The number of benzene rings is 1. The summed E-state index contributed by atoms with van der Waals surface area (Å²) in [6.07, 6.45) is 0.656. The Morgan fingerprint density at radius 1 is 1.17 bits per heavy atom. The minimum Gasteiger partial charge on any atom is -0.467 e. The summed E-state index contributed by atoms with van der Waals surface area (Å²) in [6.45, 7) is 0.0336. The molecule has 1 atom stereocenters. The molecule has 3 N–H and O–H groups in total. The third-order valence-corrected chi connectivity index (χ3v) is 2.96. The SMILES string of the molecule is O=C(NCCC(O)c1ccco1)C(=O)Nc1ccc(F)c(F)c1. The molecule has 1 aromatic heterocycles. The van der Waals surface area contributed by atoms with Crippen molar-refractivity contribution in [2.45, 2.75) is 12.5 Å². The van der Waals surface area contributed by atoms with Gasteiger partial charge in [0.1, 0.15) is 11.9 Å². The fraction of sp³-hybridized carbons (Fsp3) is 0.200. The Hall–Kier alpha value is -2.74. The zero-order chi connectivity index (χ0) is 16.8. The van der Waals surface area contributed by atoms with Crippen LogP contribution in [0.4, 0.5) is 14.5 Å². The van der Waals surface area contributed by atoms with Gasteiger partial charge in [0, 0.05) is 18.3 Å². The zero-order valence-electron chi connectivity index (χ0n) is 11.9. The first-order valence-electron chi connectivity index (χ1n) is 6.73. The molecule has 0 saturated heterocycles. The molecule has 0 aliphatic rings. The van der Waals surface area contributed by atoms with Crippen LogP contribution in [0, 0.1) is 11.6 Å². The van der Waals surface area contributed by atoms with E-state index < -0.39 is 29.6 Å². The predicted octanol–water partition coefficient (Wildman–Crippen LogP) is 1.74. The van der Waals surface area contributed by atoms with Crippen molar-refractivity contribution < 1.29 is 27.9 Å². The smallest absolute Gasteiger partial charge is 0.313 e. The first-order valence-corrected chi connectivity index (χ1v) is 6.73. The number of furan rings is 1. The van der Waals surface area contributed by atoms with Crippen LogP contribution in [-0.4, -0.2) is 23.5 Å². The van der Waals surface area contributed by atoms with Crippen molar-refractivity contribution in [2.75, 3.05) is 11.9 Å². The zero-order valence-corrected chi connectivity index (χ0v) is 11.9. The highest BCUT2D eigenvalue weighted by molar-refractivity contribution is 6.39. The quantitative estimate of drug-likeness (QED) is 0.731. The number of aliphatic hydroxyl groups excluding tert-OH is 1. The average Bonchev–Trinajstić information content (AvgIpc) is 3.05. The van der Waals surface area contributed by atoms with Gasteiger partial charge in [-0.1, -0.05) is 0 Å². The Labute approximate surface area is 130 Å². The summed E-state index contributed by atoms with van der Waals surface area (Å²) in [6, 6.07) is 5.93. The molecule has 1 unspecified atom stereocenters. The Balaban J connectivity index is 1.78. The van der Waals surface area contributed by atoms with Gasteiger partial charge >= 0.3 is 11.8 Å². The number of amides is 2. The molecule has 0 fully saturated rings. The van der Waals surface area contributed by atoms with Crippen LogP contribution in [0.15, 0.2) is 41.0 Å². The molecule has 2 amide bonds. The van der Waals surface area contributed by atoms with Gasteiger partial charge < -0.3 is 20.2 Å². The normalized spacial score (nSPS) is 11.8. The molecule has 23 heavy (non-hydrogen) atoms. The van der Waals surface area contributed by atoms with Gasteiger partial charge in [0.05, 0.1) is 6.26 Å². The molecule has 2 rings (SSSR count). The molecular weight excluding hydrogens is 310 g/mol. The highest BCUT2D eigenvalue weighted by Gasteiger charge is 2.16. The van der Waals surface area contributed by atoms with Crippen LogP contribution in [-0.2, 0) is 9.59 Å². The van der Waals surface area contributed by atoms with Gasteiger partial charge in [-0.15, -0.1) is 0 Å². The third kappa shape index (κ3) is 4.62. The van der Waals surface area contributed by atoms with E-state index in [0.717, 1.165) is 18.2 Å². The van der Waals surface area contributed by atoms with E-state index in [1.54, 1.807) is 12.1 Å². The molecule has 6 nitrogen and oxygen atoms in total. The lowest BCUT2D eigenvalue weighted by atomic mass is 10.2. The summed E-state index contributed by atoms with van der Waals surface area (Å²) in [5.74, 6) is -3.82. The summed E-state index contributed by atoms with van der Waals surface area (Å²) in [5.41, 5.74) is -0.0420. The molecule has 8 heteroatoms. The molecule has 122 valence electrons. The van der Waals surface area contributed by atoms with Crippen molar-refractivity contribution in [3.63, 3.8) is 0 Å². The van der Waals surface area contributed by atoms with Gasteiger partial charge in [-0.3, -0.25) is 9.59 Å². The van der Waals surface area contributed by atoms with Gasteiger partial charge in [0.25, 0.3) is 0 Å². The van der Waals surface area contributed by atoms with E-state index in [-0.39, 0.29) is 18.7 Å². The standard InChI is InChI=1S/C15H14F2N2O4/c16-10-4-3-9(8-11(10)17)19-15(22)14(21)18-6-5-12(20)13-2-1-7-23-13/h1-4,7-8,12,20H,5-6H2,(H,18,21)(H,19,22). The topological polar surface area (TPSA) is 91.6 Å². The molecule has 0 radical (unpaired) electrons. The molecule has 2 aromatic rings. The number of halogens is 2. The van der Waals surface area contributed by atoms with E-state index in [1.165, 1.54) is 6.26 Å². The number of carbonyl (C=O) groups is 2. The third-order valence-electron chi connectivity index (χ3n) is 2.96. The second-order valence-electron chi connectivity index (χ2n) is 4.66. The summed E-state index contributed by atoms with van der Waals surface area (Å²) < 4.78 is 30.7. The average molecular weight is 324 g/mol. The highest BCUT2D eigenvalue weighted by Crippen LogP contribution is 2.16. The molecule has 0 saturated carbocycles. The highest BCUT2D eigenvalue weighted by atomic mass is 19.2. The number of aliphatic hydroxyl groups is 1. The fourth-order valence-electron chi connectivity index (χ4n) is 1.79. The van der Waals surface area contributed by atoms with Gasteiger partial charge in [0.15, 0.2) is 11.6 Å². The van der Waals surface area contributed by atoms with Crippen LogP contribution < -0.4 is 10.6 Å². The van der Waals surface area contributed by atoms with Crippen LogP contribution >= 0.6 is 0 Å². The molecule has 0 aliphatic carbocycles. The number of carbonyl (C=O) groups excluding carboxylic acids is 2. The maximum atomic E-state index is 13.0. The Bertz CT molecular complexity index is 689. The molecule has 1 aromatic carbocycles. The van der Waals surface area contributed by atoms with Crippen molar-refractivity contribution >= 4 is 17.5 Å². The molecule has 1 heterocycles. The number of hydrogen-bond donors (Lipinski definition) is 3. The van der Waals surface area contributed by atoms with Gasteiger partial charge in [-0.2, -0.15) is 0 Å². The Morgan fingerprint density at radius 2 is 1.96 bits per heavy atom. The fourth-order valence-corrected chi connectivity index (χ4v) is 1.79. The lowest BCUT2D eigenvalue weighted by molar-refractivity contribution is -0.136. The summed E-state index contributed by atoms with van der Waals surface area (Å²) in [7, 11) is 0. The Morgan fingerprint density at radius 3 is 2.61 bits per heavy atom. The first kappa shape index (κ1) is 16.6. The van der Waals surface area contributed by atoms with Gasteiger partial charge in [-0.25, -0.2) is 8.78 Å². The van der Waals surface area contributed by atoms with Crippen LogP contribution in [0.2, 0.25) is 0 Å². The number of rotatable bonds is 5. The molecular formula is C15H14F2N2O4. The number of nitrogens with one attached hydrogen (secondary N) is 2. The van der Waals surface area contributed by atoms with E-state index in [4.69, 9.17) is 4.42 Å². The van der Waals surface area contributed by atoms with Crippen molar-refractivity contribution in [1.29, 1.82) is 0 Å². The second kappa shape index (κ2) is 7.50. The number of anilines is 1. The molecule has 0 bridgehead atoms. The maximum Gasteiger partial charge on any atom is 0.313 e. The van der Waals surface area contributed by atoms with Crippen molar-refractivity contribution in [3.05, 3.63) is 54.0 Å². The largest absolute Gasteiger partial charge is 0.467 e. The van der Waals surface area contributed by atoms with Crippen molar-refractivity contribution in [1.82, 2.24) is 5.32 Å². The van der Waals surface area contributed by atoms with E-state index in [1.807, 2.05) is 0 Å². The van der Waals surface area contributed by atoms with Crippen molar-refractivity contribution in [2.24, 2.45) is 0 Å². The van der Waals surface area contributed by atoms with E-state index in [0.29, 0.717) is 5.76 Å². The van der Waals surface area contributed by atoms with Crippen LogP contribution in [0.3, 0.4) is 0 Å². The van der Waals surface area contributed by atoms with Gasteiger partial charge in [0.2, 0.25) is 0 Å². The minimum absolute atomic E-state index is 0.0336. The second-order valence-corrected chi connectivity index (χ2v) is 4.66. The summed E-state index contributed by atoms with van der Waals surface area (Å²) in [5, 5.41) is 14.2. The summed E-state index contributed by atoms with van der Waals surface area (Å²) in [4.78, 5) is 23.2. The lowest BCUT2D eigenvalue weighted by Gasteiger charge is -2.09. The predicted molar refractivity (Wildman–Crippen MR) is 76.3 cm³/mol. The van der Waals surface area contributed by atoms with Crippen LogP contribution in [0.1, 0.15) is 18.3 Å². The number of hydrogen-bond acceptors (Lipinski definition) is 4. The van der Waals surface area contributed by atoms with Gasteiger partial charge in [-0.05, 0) is 30.7 Å². The van der Waals surface area contributed by atoms with Crippen molar-refractivity contribution in [3.8, 4) is 0 Å². The van der Waals surface area contributed by atoms with Crippen LogP contribution in [0.5, 0.6) is 0 Å². The van der Waals surface area contributed by atoms with E-state index >= 15 is 0 Å². The maximum absolute atomic E-state index is 13.0. The summed E-state index contributed by atoms with van der Waals surface area (Å²) >= 11 is 0. The van der Waals surface area contributed by atoms with Crippen LogP contribution in [0.25, 0.3) is 0 Å². The lowest BCUT2D eigenvalue weighted by Crippen LogP contribution is -2.36.